The van der Waals surface area contributed by atoms with E-state index in [1.807, 2.05) is 51.1 Å². The van der Waals surface area contributed by atoms with Crippen molar-refractivity contribution in [1.29, 1.82) is 0 Å². The first-order chi connectivity index (χ1) is 23.6. The molecule has 3 fully saturated rings. The maximum absolute atomic E-state index is 14.7. The van der Waals surface area contributed by atoms with Gasteiger partial charge in [-0.2, -0.15) is 0 Å². The molecule has 1 aromatic rings. The number of hydrogen-bond donors (Lipinski definition) is 2. The Labute approximate surface area is 291 Å². The fraction of sp³-hybridized carbons (Fsp3) is 0.632. The Kier molecular flexibility index (Phi) is 13.6. The number of nitrogens with one attached hydrogen (secondary N) is 1. The summed E-state index contributed by atoms with van der Waals surface area (Å²) >= 11 is 0. The van der Waals surface area contributed by atoms with Gasteiger partial charge in [0.15, 0.2) is 0 Å². The first-order valence-corrected chi connectivity index (χ1v) is 17.7. The highest BCUT2D eigenvalue weighted by Gasteiger charge is 2.75. The monoisotopic (exact) mass is 681 g/mol. The van der Waals surface area contributed by atoms with Crippen LogP contribution >= 0.6 is 0 Å². The number of allylic oxidation sites excluding steroid dienone is 1. The Morgan fingerprint density at radius 1 is 1.20 bits per heavy atom. The molecule has 0 radical (unpaired) electrons. The lowest BCUT2D eigenvalue weighted by Crippen LogP contribution is -2.59. The van der Waals surface area contributed by atoms with Gasteiger partial charge in [0.1, 0.15) is 17.7 Å². The van der Waals surface area contributed by atoms with Crippen LogP contribution < -0.4 is 5.32 Å². The number of amides is 3. The molecule has 0 aromatic heterocycles. The fourth-order valence-electron chi connectivity index (χ4n) is 7.95. The van der Waals surface area contributed by atoms with Gasteiger partial charge in [0.05, 0.1) is 43.2 Å². The van der Waals surface area contributed by atoms with E-state index in [0.29, 0.717) is 44.3 Å². The van der Waals surface area contributed by atoms with Crippen LogP contribution in [0.4, 0.5) is 0 Å². The van der Waals surface area contributed by atoms with Crippen molar-refractivity contribution in [3.05, 3.63) is 61.2 Å². The van der Waals surface area contributed by atoms with Gasteiger partial charge in [-0.25, -0.2) is 0 Å². The van der Waals surface area contributed by atoms with E-state index >= 15 is 0 Å². The van der Waals surface area contributed by atoms with Gasteiger partial charge in [-0.1, -0.05) is 69.7 Å². The van der Waals surface area contributed by atoms with E-state index in [9.17, 15) is 24.3 Å². The average molecular weight is 682 g/mol. The lowest BCUT2D eigenvalue weighted by Gasteiger charge is -2.39. The minimum absolute atomic E-state index is 0.0677. The number of esters is 1. The third-order valence-corrected chi connectivity index (χ3v) is 10.0. The number of aliphatic hydroxyl groups excluding tert-OH is 1. The van der Waals surface area contributed by atoms with Gasteiger partial charge in [-0.05, 0) is 43.6 Å². The molecular formula is C38H55N3O8. The summed E-state index contributed by atoms with van der Waals surface area (Å²) in [7, 11) is 1.51. The molecule has 0 unspecified atom stereocenters. The van der Waals surface area contributed by atoms with Gasteiger partial charge >= 0.3 is 5.97 Å². The highest BCUT2D eigenvalue weighted by Crippen LogP contribution is 2.59. The summed E-state index contributed by atoms with van der Waals surface area (Å²) in [6.45, 7) is 14.1. The Morgan fingerprint density at radius 2 is 1.94 bits per heavy atom. The molecule has 4 rings (SSSR count). The number of unbranched alkanes of at least 4 members (excludes halogenated alkanes) is 1. The van der Waals surface area contributed by atoms with E-state index in [4.69, 9.17) is 14.2 Å². The van der Waals surface area contributed by atoms with Gasteiger partial charge in [0, 0.05) is 26.6 Å². The van der Waals surface area contributed by atoms with Crippen molar-refractivity contribution in [2.24, 2.45) is 17.8 Å². The molecule has 3 amide bonds. The van der Waals surface area contributed by atoms with Crippen LogP contribution in [0.25, 0.3) is 0 Å². The second kappa shape index (κ2) is 17.4. The molecule has 270 valence electrons. The summed E-state index contributed by atoms with van der Waals surface area (Å²) in [5.74, 6) is -3.32. The zero-order valence-electron chi connectivity index (χ0n) is 29.6. The number of hydrogen-bond acceptors (Lipinski definition) is 8. The molecule has 3 heterocycles. The maximum Gasteiger partial charge on any atom is 0.313 e. The summed E-state index contributed by atoms with van der Waals surface area (Å²) in [4.78, 5) is 59.8. The minimum atomic E-state index is -1.24. The normalized spacial score (nSPS) is 25.8. The van der Waals surface area contributed by atoms with E-state index in [1.165, 1.54) is 12.0 Å². The molecular weight excluding hydrogens is 626 g/mol. The predicted molar refractivity (Wildman–Crippen MR) is 185 cm³/mol. The quantitative estimate of drug-likeness (QED) is 0.156. The maximum atomic E-state index is 14.7. The zero-order chi connectivity index (χ0) is 35.7. The van der Waals surface area contributed by atoms with Crippen molar-refractivity contribution in [2.45, 2.75) is 102 Å². The molecule has 0 saturated carbocycles. The van der Waals surface area contributed by atoms with Gasteiger partial charge in [-0.3, -0.25) is 19.2 Å². The third kappa shape index (κ3) is 8.10. The van der Waals surface area contributed by atoms with Crippen molar-refractivity contribution in [3.8, 4) is 0 Å². The second-order valence-electron chi connectivity index (χ2n) is 13.9. The number of carbonyl (C=O) groups excluding carboxylic acids is 4. The molecule has 49 heavy (non-hydrogen) atoms. The highest BCUT2D eigenvalue weighted by molar-refractivity contribution is 5.98. The number of rotatable bonds is 20. The van der Waals surface area contributed by atoms with Crippen LogP contribution in [0.3, 0.4) is 0 Å². The predicted octanol–water partition coefficient (Wildman–Crippen LogP) is 3.96. The van der Waals surface area contributed by atoms with E-state index in [-0.39, 0.29) is 43.3 Å². The van der Waals surface area contributed by atoms with E-state index < -0.39 is 53.7 Å². The van der Waals surface area contributed by atoms with Crippen LogP contribution in [0.1, 0.15) is 77.4 Å². The van der Waals surface area contributed by atoms with E-state index in [2.05, 4.69) is 18.5 Å². The van der Waals surface area contributed by atoms with Crippen molar-refractivity contribution in [3.63, 3.8) is 0 Å². The Balaban J connectivity index is 1.73. The molecule has 11 nitrogen and oxygen atoms in total. The molecule has 2 N–H and O–H groups in total. The topological polar surface area (TPSA) is 135 Å². The Morgan fingerprint density at radius 3 is 2.55 bits per heavy atom. The fourth-order valence-corrected chi connectivity index (χ4v) is 7.95. The van der Waals surface area contributed by atoms with E-state index in [0.717, 1.165) is 12.8 Å². The van der Waals surface area contributed by atoms with Crippen LogP contribution in [0, 0.1) is 17.8 Å². The number of fused-ring (bicyclic) bond motifs is 1. The average Bonchev–Trinajstić information content (AvgIpc) is 3.74. The highest BCUT2D eigenvalue weighted by atomic mass is 16.6. The summed E-state index contributed by atoms with van der Waals surface area (Å²) in [6, 6.07) is 6.76. The lowest BCUT2D eigenvalue weighted by molar-refractivity contribution is -0.163. The zero-order valence-corrected chi connectivity index (χ0v) is 29.6. The summed E-state index contributed by atoms with van der Waals surface area (Å²) < 4.78 is 18.4. The molecule has 8 atom stereocenters. The molecule has 2 bridgehead atoms. The Hall–Kier alpha value is -3.54. The standard InChI is InChI=1S/C38H55N3O8/c1-7-10-17-30(43)39-28(24-47-6)33(26-15-13-12-14-16-26)48-37(46)31-29-18-19-38(49-29)32(31)35(44)41(27(23-42)22-25(4)5)34(38)36(45)40(20-9-3)21-11-8-2/h7,9,12-16,25,27-29,31-34,42H,1,3,8,10-11,17-24H2,2,4-6H3,(H,39,43)/t27-,28-,29-,31+,32+,33-,34-,38+/m1/s1. The lowest BCUT2D eigenvalue weighted by atomic mass is 9.70. The molecule has 3 aliphatic heterocycles. The Bertz CT molecular complexity index is 1320. The third-order valence-electron chi connectivity index (χ3n) is 10.0. The van der Waals surface area contributed by atoms with Gasteiger partial charge < -0.3 is 34.4 Å². The largest absolute Gasteiger partial charge is 0.455 e. The van der Waals surface area contributed by atoms with E-state index in [1.54, 1.807) is 17.1 Å². The van der Waals surface area contributed by atoms with Crippen molar-refractivity contribution in [1.82, 2.24) is 15.1 Å². The number of nitrogens with zero attached hydrogens (tertiary/aromatic N) is 2. The summed E-state index contributed by atoms with van der Waals surface area (Å²) in [5, 5.41) is 13.6. The van der Waals surface area contributed by atoms with Crippen LogP contribution in [0.2, 0.25) is 0 Å². The molecule has 0 aliphatic carbocycles. The van der Waals surface area contributed by atoms with Crippen LogP contribution in [0.5, 0.6) is 0 Å². The van der Waals surface area contributed by atoms with Gasteiger partial charge in [-0.15, -0.1) is 13.2 Å². The minimum Gasteiger partial charge on any atom is -0.455 e. The molecule has 1 spiro atoms. The van der Waals surface area contributed by atoms with Crippen molar-refractivity contribution < 1.29 is 38.5 Å². The van der Waals surface area contributed by atoms with Crippen molar-refractivity contribution >= 4 is 23.7 Å². The van der Waals surface area contributed by atoms with Gasteiger partial charge in [0.25, 0.3) is 0 Å². The summed E-state index contributed by atoms with van der Waals surface area (Å²) in [6.07, 6.45) is 5.51. The summed E-state index contributed by atoms with van der Waals surface area (Å²) in [5.41, 5.74) is -0.590. The van der Waals surface area contributed by atoms with Crippen LogP contribution in [-0.4, -0.2) is 102 Å². The molecule has 3 aliphatic rings. The number of carbonyl (C=O) groups is 4. The van der Waals surface area contributed by atoms with Crippen molar-refractivity contribution in [2.75, 3.05) is 33.4 Å². The molecule has 3 saturated heterocycles. The number of benzene rings is 1. The smallest absolute Gasteiger partial charge is 0.313 e. The van der Waals surface area contributed by atoms with Crippen LogP contribution in [0.15, 0.2) is 55.6 Å². The first-order valence-electron chi connectivity index (χ1n) is 17.7. The number of likely N-dealkylation sites (tertiary alicyclic amines) is 1. The number of aliphatic hydroxyl groups is 1. The molecule has 1 aromatic carbocycles. The first kappa shape index (κ1) is 38.3. The van der Waals surface area contributed by atoms with Gasteiger partial charge in [0.2, 0.25) is 17.7 Å². The number of methoxy groups -OCH3 is 1. The van der Waals surface area contributed by atoms with Crippen LogP contribution in [-0.2, 0) is 33.4 Å². The second-order valence-corrected chi connectivity index (χ2v) is 13.9. The molecule has 11 heteroatoms. The SMILES string of the molecule is C=CCCC(=O)N[C@H](COC)[C@H](OC(=O)[C@@H]1[C@H]2C(=O)N([C@@H](CO)CC(C)C)[C@H](C(=O)N(CC=C)CCCC)[C@]23CC[C@H]1O3)c1ccccc1. The number of ether oxygens (including phenoxy) is 3.